The van der Waals surface area contributed by atoms with E-state index in [-0.39, 0.29) is 12.3 Å². The Labute approximate surface area is 112 Å². The zero-order valence-corrected chi connectivity index (χ0v) is 11.3. The molecule has 19 heavy (non-hydrogen) atoms. The second-order valence-corrected chi connectivity index (χ2v) is 4.20. The fourth-order valence-electron chi connectivity index (χ4n) is 1.69. The van der Waals surface area contributed by atoms with Gasteiger partial charge < -0.3 is 14.7 Å². The highest BCUT2D eigenvalue weighted by atomic mass is 16.6. The molecule has 0 saturated heterocycles. The molecule has 0 aliphatic rings. The number of hydrogen-bond donors (Lipinski definition) is 1. The normalized spacial score (nSPS) is 12.4. The van der Waals surface area contributed by atoms with E-state index in [0.29, 0.717) is 12.3 Å². The minimum Gasteiger partial charge on any atom is -0.491 e. The number of ether oxygens (including phenoxy) is 1. The van der Waals surface area contributed by atoms with Gasteiger partial charge in [0, 0.05) is 18.7 Å². The molecule has 1 atom stereocenters. The largest absolute Gasteiger partial charge is 0.491 e. The first-order valence-electron chi connectivity index (χ1n) is 6.34. The van der Waals surface area contributed by atoms with E-state index in [1.54, 1.807) is 0 Å². The van der Waals surface area contributed by atoms with Crippen LogP contribution in [0, 0.1) is 10.1 Å². The smallest absolute Gasteiger partial charge is 0.269 e. The molecule has 0 radical (unpaired) electrons. The Morgan fingerprint density at radius 3 is 2.37 bits per heavy atom. The lowest BCUT2D eigenvalue weighted by molar-refractivity contribution is -0.384. The molecule has 1 unspecified atom stereocenters. The maximum atomic E-state index is 10.5. The Morgan fingerprint density at radius 2 is 1.89 bits per heavy atom. The number of rotatable bonds is 8. The average molecular weight is 268 g/mol. The van der Waals surface area contributed by atoms with E-state index in [4.69, 9.17) is 4.74 Å². The maximum absolute atomic E-state index is 10.5. The molecule has 0 bridgehead atoms. The molecule has 0 spiro atoms. The van der Waals surface area contributed by atoms with E-state index in [1.807, 2.05) is 13.8 Å². The summed E-state index contributed by atoms with van der Waals surface area (Å²) in [5, 5.41) is 20.3. The molecule has 6 nitrogen and oxygen atoms in total. The monoisotopic (exact) mass is 268 g/mol. The van der Waals surface area contributed by atoms with E-state index in [9.17, 15) is 15.2 Å². The number of aliphatic hydroxyl groups excluding tert-OH is 1. The molecule has 0 saturated carbocycles. The Balaban J connectivity index is 2.41. The molecule has 1 N–H and O–H groups in total. The highest BCUT2D eigenvalue weighted by Crippen LogP contribution is 2.17. The maximum Gasteiger partial charge on any atom is 0.269 e. The molecule has 106 valence electrons. The molecule has 0 heterocycles. The zero-order chi connectivity index (χ0) is 14.3. The first kappa shape index (κ1) is 15.4. The van der Waals surface area contributed by atoms with Crippen LogP contribution in [0.4, 0.5) is 5.69 Å². The summed E-state index contributed by atoms with van der Waals surface area (Å²) in [6, 6.07) is 5.82. The molecule has 0 aliphatic heterocycles. The summed E-state index contributed by atoms with van der Waals surface area (Å²) in [6.45, 7) is 6.56. The van der Waals surface area contributed by atoms with Gasteiger partial charge >= 0.3 is 0 Å². The fraction of sp³-hybridized carbons (Fsp3) is 0.538. The molecule has 0 fully saturated rings. The zero-order valence-electron chi connectivity index (χ0n) is 11.3. The summed E-state index contributed by atoms with van der Waals surface area (Å²) < 4.78 is 5.39. The van der Waals surface area contributed by atoms with Crippen LogP contribution in [-0.2, 0) is 0 Å². The quantitative estimate of drug-likeness (QED) is 0.573. The van der Waals surface area contributed by atoms with E-state index >= 15 is 0 Å². The standard InChI is InChI=1S/C13H20N2O4/c1-3-14(4-2)9-12(16)10-19-13-7-5-11(6-8-13)15(17)18/h5-8,12,16H,3-4,9-10H2,1-2H3. The lowest BCUT2D eigenvalue weighted by atomic mass is 10.3. The van der Waals surface area contributed by atoms with Crippen molar-refractivity contribution in [3.8, 4) is 5.75 Å². The van der Waals surface area contributed by atoms with Gasteiger partial charge in [-0.3, -0.25) is 10.1 Å². The van der Waals surface area contributed by atoms with Crippen LogP contribution in [0.2, 0.25) is 0 Å². The number of nitro groups is 1. The summed E-state index contributed by atoms with van der Waals surface area (Å²) in [4.78, 5) is 12.1. The topological polar surface area (TPSA) is 75.8 Å². The molecular weight excluding hydrogens is 248 g/mol. The van der Waals surface area contributed by atoms with Crippen molar-refractivity contribution in [2.45, 2.75) is 20.0 Å². The Bertz CT molecular complexity index is 390. The minimum absolute atomic E-state index is 0.0241. The van der Waals surface area contributed by atoms with Crippen molar-refractivity contribution in [1.82, 2.24) is 4.90 Å². The number of aliphatic hydroxyl groups is 1. The van der Waals surface area contributed by atoms with Gasteiger partial charge in [-0.1, -0.05) is 13.8 Å². The Hall–Kier alpha value is -1.66. The molecule has 1 rings (SSSR count). The van der Waals surface area contributed by atoms with Gasteiger partial charge in [0.2, 0.25) is 0 Å². The summed E-state index contributed by atoms with van der Waals surface area (Å²) in [6.07, 6.45) is -0.574. The van der Waals surface area contributed by atoms with Gasteiger partial charge in [-0.2, -0.15) is 0 Å². The third-order valence-electron chi connectivity index (χ3n) is 2.85. The molecule has 6 heteroatoms. The predicted octanol–water partition coefficient (Wildman–Crippen LogP) is 1.68. The SMILES string of the molecule is CCN(CC)CC(O)COc1ccc([N+](=O)[O-])cc1. The fourth-order valence-corrected chi connectivity index (χ4v) is 1.69. The third-order valence-corrected chi connectivity index (χ3v) is 2.85. The first-order chi connectivity index (χ1) is 9.06. The number of benzene rings is 1. The number of hydrogen-bond acceptors (Lipinski definition) is 5. The van der Waals surface area contributed by atoms with E-state index < -0.39 is 11.0 Å². The summed E-state index contributed by atoms with van der Waals surface area (Å²) in [5.41, 5.74) is 0.0241. The lowest BCUT2D eigenvalue weighted by Crippen LogP contribution is -2.35. The highest BCUT2D eigenvalue weighted by molar-refractivity contribution is 5.35. The summed E-state index contributed by atoms with van der Waals surface area (Å²) in [7, 11) is 0. The van der Waals surface area contributed by atoms with Crippen molar-refractivity contribution in [2.75, 3.05) is 26.2 Å². The van der Waals surface area contributed by atoms with Crippen molar-refractivity contribution in [3.05, 3.63) is 34.4 Å². The van der Waals surface area contributed by atoms with Crippen LogP contribution in [0.1, 0.15) is 13.8 Å². The van der Waals surface area contributed by atoms with Crippen LogP contribution in [0.5, 0.6) is 5.75 Å². The van der Waals surface area contributed by atoms with Crippen LogP contribution < -0.4 is 4.74 Å². The van der Waals surface area contributed by atoms with Crippen LogP contribution in [0.3, 0.4) is 0 Å². The second-order valence-electron chi connectivity index (χ2n) is 4.20. The van der Waals surface area contributed by atoms with Gasteiger partial charge in [-0.25, -0.2) is 0 Å². The van der Waals surface area contributed by atoms with Crippen molar-refractivity contribution in [1.29, 1.82) is 0 Å². The Morgan fingerprint density at radius 1 is 1.32 bits per heavy atom. The molecule has 1 aromatic carbocycles. The molecule has 1 aromatic rings. The highest BCUT2D eigenvalue weighted by Gasteiger charge is 2.10. The van der Waals surface area contributed by atoms with Gasteiger partial charge in [-0.05, 0) is 25.2 Å². The van der Waals surface area contributed by atoms with E-state index in [1.165, 1.54) is 24.3 Å². The van der Waals surface area contributed by atoms with Crippen LogP contribution in [-0.4, -0.2) is 47.3 Å². The molecule has 0 aromatic heterocycles. The van der Waals surface area contributed by atoms with E-state index in [0.717, 1.165) is 13.1 Å². The molecule has 0 amide bonds. The molecule has 0 aliphatic carbocycles. The second kappa shape index (κ2) is 7.70. The van der Waals surface area contributed by atoms with E-state index in [2.05, 4.69) is 4.90 Å². The number of likely N-dealkylation sites (N-methyl/N-ethyl adjacent to an activating group) is 1. The van der Waals surface area contributed by atoms with Crippen molar-refractivity contribution >= 4 is 5.69 Å². The van der Waals surface area contributed by atoms with Crippen LogP contribution >= 0.6 is 0 Å². The van der Waals surface area contributed by atoms with Gasteiger partial charge in [0.15, 0.2) is 0 Å². The van der Waals surface area contributed by atoms with Crippen LogP contribution in [0.15, 0.2) is 24.3 Å². The number of nitro benzene ring substituents is 1. The van der Waals surface area contributed by atoms with Crippen molar-refractivity contribution in [2.24, 2.45) is 0 Å². The van der Waals surface area contributed by atoms with Crippen molar-refractivity contribution < 1.29 is 14.8 Å². The van der Waals surface area contributed by atoms with Gasteiger partial charge in [0.05, 0.1) is 4.92 Å². The summed E-state index contributed by atoms with van der Waals surface area (Å²) in [5.74, 6) is 0.518. The summed E-state index contributed by atoms with van der Waals surface area (Å²) >= 11 is 0. The minimum atomic E-state index is -0.574. The third kappa shape index (κ3) is 5.23. The van der Waals surface area contributed by atoms with Gasteiger partial charge in [-0.15, -0.1) is 0 Å². The number of non-ortho nitro benzene ring substituents is 1. The number of nitrogens with zero attached hydrogens (tertiary/aromatic N) is 2. The average Bonchev–Trinajstić information content (AvgIpc) is 2.43. The molecular formula is C13H20N2O4. The lowest BCUT2D eigenvalue weighted by Gasteiger charge is -2.21. The first-order valence-corrected chi connectivity index (χ1v) is 6.34. The van der Waals surface area contributed by atoms with Gasteiger partial charge in [0.1, 0.15) is 18.5 Å². The van der Waals surface area contributed by atoms with Crippen molar-refractivity contribution in [3.63, 3.8) is 0 Å². The predicted molar refractivity (Wildman–Crippen MR) is 72.4 cm³/mol. The van der Waals surface area contributed by atoms with Crippen LogP contribution in [0.25, 0.3) is 0 Å². The van der Waals surface area contributed by atoms with Gasteiger partial charge in [0.25, 0.3) is 5.69 Å². The Kier molecular flexibility index (Phi) is 6.24.